The van der Waals surface area contributed by atoms with E-state index in [4.69, 9.17) is 23.2 Å². The summed E-state index contributed by atoms with van der Waals surface area (Å²) in [5, 5.41) is 16.4. The molecule has 2 aromatic rings. The van der Waals surface area contributed by atoms with Gasteiger partial charge in [-0.2, -0.15) is 4.80 Å². The van der Waals surface area contributed by atoms with Gasteiger partial charge in [0.2, 0.25) is 0 Å². The van der Waals surface area contributed by atoms with Crippen LogP contribution in [0.5, 0.6) is 0 Å². The number of rotatable bonds is 4. The van der Waals surface area contributed by atoms with Crippen molar-refractivity contribution in [2.24, 2.45) is 7.05 Å². The van der Waals surface area contributed by atoms with Crippen molar-refractivity contribution < 1.29 is 0 Å². The third-order valence-electron chi connectivity index (χ3n) is 2.63. The number of hydrogen-bond donors (Lipinski definition) is 1. The molecule has 0 spiro atoms. The molecule has 0 saturated carbocycles. The summed E-state index contributed by atoms with van der Waals surface area (Å²) < 4.78 is 0. The van der Waals surface area contributed by atoms with Gasteiger partial charge < -0.3 is 5.32 Å². The lowest BCUT2D eigenvalue weighted by Gasteiger charge is -2.17. The van der Waals surface area contributed by atoms with Gasteiger partial charge in [0.05, 0.1) is 7.05 Å². The summed E-state index contributed by atoms with van der Waals surface area (Å²) in [4.78, 5) is 1.43. The molecule has 2 rings (SSSR count). The summed E-state index contributed by atoms with van der Waals surface area (Å²) >= 11 is 12.4. The van der Waals surface area contributed by atoms with E-state index >= 15 is 0 Å². The van der Waals surface area contributed by atoms with Crippen LogP contribution in [-0.4, -0.2) is 27.3 Å². The maximum atomic E-state index is 6.19. The molecule has 0 amide bonds. The molecular weight excluding hydrogens is 273 g/mol. The monoisotopic (exact) mass is 285 g/mol. The molecule has 0 saturated heterocycles. The minimum atomic E-state index is -0.0459. The van der Waals surface area contributed by atoms with Crippen LogP contribution in [0.3, 0.4) is 0 Å². The smallest absolute Gasteiger partial charge is 0.176 e. The van der Waals surface area contributed by atoms with Crippen LogP contribution in [0.2, 0.25) is 10.0 Å². The number of aryl methyl sites for hydroxylation is 1. The Balaban J connectivity index is 2.28. The second-order valence-corrected chi connectivity index (χ2v) is 4.69. The first-order chi connectivity index (χ1) is 8.61. The van der Waals surface area contributed by atoms with Crippen LogP contribution in [-0.2, 0) is 13.5 Å². The highest BCUT2D eigenvalue weighted by Crippen LogP contribution is 2.31. The summed E-state index contributed by atoms with van der Waals surface area (Å²) in [7, 11) is 3.58. The van der Waals surface area contributed by atoms with Crippen LogP contribution in [0.15, 0.2) is 18.2 Å². The maximum absolute atomic E-state index is 6.19. The van der Waals surface area contributed by atoms with E-state index in [1.807, 2.05) is 25.2 Å². The summed E-state index contributed by atoms with van der Waals surface area (Å²) in [6.07, 6.45) is 0.577. The zero-order chi connectivity index (χ0) is 13.1. The Labute approximate surface area is 115 Å². The lowest BCUT2D eigenvalue weighted by Crippen LogP contribution is -2.20. The van der Waals surface area contributed by atoms with E-state index in [0.717, 1.165) is 5.56 Å². The van der Waals surface area contributed by atoms with E-state index in [1.54, 1.807) is 7.05 Å². The van der Waals surface area contributed by atoms with Crippen molar-refractivity contribution in [2.45, 2.75) is 12.5 Å². The van der Waals surface area contributed by atoms with Gasteiger partial charge in [0.1, 0.15) is 0 Å². The molecule has 96 valence electrons. The number of tetrazole rings is 1. The molecular formula is C11H13Cl2N5. The van der Waals surface area contributed by atoms with Gasteiger partial charge in [-0.1, -0.05) is 29.3 Å². The van der Waals surface area contributed by atoms with Gasteiger partial charge in [-0.25, -0.2) is 0 Å². The number of nitrogens with zero attached hydrogens (tertiary/aromatic N) is 4. The van der Waals surface area contributed by atoms with Crippen molar-refractivity contribution in [2.75, 3.05) is 7.05 Å². The molecule has 0 aliphatic carbocycles. The molecule has 0 aliphatic rings. The minimum absolute atomic E-state index is 0.0459. The van der Waals surface area contributed by atoms with E-state index < -0.39 is 0 Å². The van der Waals surface area contributed by atoms with Gasteiger partial charge >= 0.3 is 0 Å². The highest BCUT2D eigenvalue weighted by Gasteiger charge is 2.18. The normalized spacial score (nSPS) is 12.7. The standard InChI is InChI=1S/C11H13Cl2N5/c1-14-9(6-10-15-17-18(2)16-10)11-7(12)4-3-5-8(11)13/h3-5,9,14H,6H2,1-2H3. The molecule has 7 heteroatoms. The topological polar surface area (TPSA) is 55.6 Å². The SMILES string of the molecule is CNC(Cc1nnn(C)n1)c1c(Cl)cccc1Cl. The third kappa shape index (κ3) is 2.80. The van der Waals surface area contributed by atoms with E-state index in [1.165, 1.54) is 4.80 Å². The lowest BCUT2D eigenvalue weighted by molar-refractivity contribution is 0.570. The number of aromatic nitrogens is 4. The maximum Gasteiger partial charge on any atom is 0.176 e. The predicted octanol–water partition coefficient (Wildman–Crippen LogP) is 2.02. The molecule has 1 atom stereocenters. The van der Waals surface area contributed by atoms with Crippen LogP contribution >= 0.6 is 23.2 Å². The first kappa shape index (κ1) is 13.3. The molecule has 0 radical (unpaired) electrons. The average Bonchev–Trinajstić information content (AvgIpc) is 2.73. The lowest BCUT2D eigenvalue weighted by atomic mass is 10.0. The number of likely N-dealkylation sites (N-methyl/N-ethyl adjacent to an activating group) is 1. The van der Waals surface area contributed by atoms with E-state index in [0.29, 0.717) is 22.3 Å². The number of halogens is 2. The van der Waals surface area contributed by atoms with Crippen molar-refractivity contribution in [3.8, 4) is 0 Å². The van der Waals surface area contributed by atoms with Gasteiger partial charge in [0, 0.05) is 28.1 Å². The van der Waals surface area contributed by atoms with Crippen LogP contribution in [0, 0.1) is 0 Å². The van der Waals surface area contributed by atoms with Gasteiger partial charge in [0.25, 0.3) is 0 Å². The summed E-state index contributed by atoms with van der Waals surface area (Å²) in [5.74, 6) is 0.646. The van der Waals surface area contributed by atoms with Gasteiger partial charge in [-0.05, 0) is 24.4 Å². The fourth-order valence-corrected chi connectivity index (χ4v) is 2.44. The molecule has 0 fully saturated rings. The fourth-order valence-electron chi connectivity index (χ4n) is 1.78. The van der Waals surface area contributed by atoms with Crippen molar-refractivity contribution in [1.29, 1.82) is 0 Å². The quantitative estimate of drug-likeness (QED) is 0.934. The zero-order valence-corrected chi connectivity index (χ0v) is 11.6. The van der Waals surface area contributed by atoms with Crippen LogP contribution < -0.4 is 5.32 Å². The van der Waals surface area contributed by atoms with Gasteiger partial charge in [-0.15, -0.1) is 10.2 Å². The van der Waals surface area contributed by atoms with E-state index in [9.17, 15) is 0 Å². The van der Waals surface area contributed by atoms with Crippen LogP contribution in [0.25, 0.3) is 0 Å². The Morgan fingerprint density at radius 2 is 2.00 bits per heavy atom. The average molecular weight is 286 g/mol. The van der Waals surface area contributed by atoms with Crippen LogP contribution in [0.1, 0.15) is 17.4 Å². The Kier molecular flexibility index (Phi) is 4.16. The Bertz CT molecular complexity index is 520. The number of hydrogen-bond acceptors (Lipinski definition) is 4. The van der Waals surface area contributed by atoms with Gasteiger partial charge in [-0.3, -0.25) is 0 Å². The molecule has 0 bridgehead atoms. The second-order valence-electron chi connectivity index (χ2n) is 3.88. The summed E-state index contributed by atoms with van der Waals surface area (Å²) in [5.41, 5.74) is 0.857. The highest BCUT2D eigenvalue weighted by molar-refractivity contribution is 6.36. The molecule has 18 heavy (non-hydrogen) atoms. The van der Waals surface area contributed by atoms with Crippen LogP contribution in [0.4, 0.5) is 0 Å². The predicted molar refractivity (Wildman–Crippen MR) is 70.8 cm³/mol. The fraction of sp³-hybridized carbons (Fsp3) is 0.364. The second kappa shape index (κ2) is 5.65. The van der Waals surface area contributed by atoms with Crippen molar-refractivity contribution in [3.63, 3.8) is 0 Å². The first-order valence-corrected chi connectivity index (χ1v) is 6.21. The number of nitrogens with one attached hydrogen (secondary N) is 1. The Morgan fingerprint density at radius 1 is 1.33 bits per heavy atom. The molecule has 1 aromatic heterocycles. The molecule has 1 heterocycles. The molecule has 1 aromatic carbocycles. The Morgan fingerprint density at radius 3 is 2.50 bits per heavy atom. The minimum Gasteiger partial charge on any atom is -0.313 e. The molecule has 5 nitrogen and oxygen atoms in total. The molecule has 1 N–H and O–H groups in total. The summed E-state index contributed by atoms with van der Waals surface area (Å²) in [6.45, 7) is 0. The molecule has 0 aliphatic heterocycles. The first-order valence-electron chi connectivity index (χ1n) is 5.46. The largest absolute Gasteiger partial charge is 0.313 e. The third-order valence-corrected chi connectivity index (χ3v) is 3.29. The van der Waals surface area contributed by atoms with Crippen molar-refractivity contribution in [3.05, 3.63) is 39.6 Å². The number of benzene rings is 1. The summed E-state index contributed by atoms with van der Waals surface area (Å²) in [6, 6.07) is 5.41. The zero-order valence-electron chi connectivity index (χ0n) is 10.1. The Hall–Kier alpha value is -1.17. The van der Waals surface area contributed by atoms with Crippen molar-refractivity contribution >= 4 is 23.2 Å². The highest BCUT2D eigenvalue weighted by atomic mass is 35.5. The van der Waals surface area contributed by atoms with E-state index in [-0.39, 0.29) is 6.04 Å². The van der Waals surface area contributed by atoms with E-state index in [2.05, 4.69) is 20.7 Å². The van der Waals surface area contributed by atoms with Crippen molar-refractivity contribution in [1.82, 2.24) is 25.5 Å². The molecule has 1 unspecified atom stereocenters. The van der Waals surface area contributed by atoms with Gasteiger partial charge in [0.15, 0.2) is 5.82 Å².